The number of aromatic nitrogens is 1. The van der Waals surface area contributed by atoms with Crippen LogP contribution in [0.4, 0.5) is 0 Å². The first-order chi connectivity index (χ1) is 9.28. The Morgan fingerprint density at radius 1 is 1.11 bits per heavy atom. The van der Waals surface area contributed by atoms with Gasteiger partial charge in [-0.25, -0.2) is 4.79 Å². The molecule has 0 aliphatic carbocycles. The van der Waals surface area contributed by atoms with Gasteiger partial charge in [0.1, 0.15) is 0 Å². The van der Waals surface area contributed by atoms with Crippen molar-refractivity contribution in [2.45, 2.75) is 0 Å². The summed E-state index contributed by atoms with van der Waals surface area (Å²) in [5.74, 6) is -0.350. The van der Waals surface area contributed by atoms with Crippen LogP contribution in [0, 0.1) is 0 Å². The predicted molar refractivity (Wildman–Crippen MR) is 76.9 cm³/mol. The van der Waals surface area contributed by atoms with Crippen LogP contribution in [0.3, 0.4) is 0 Å². The zero-order chi connectivity index (χ0) is 13.2. The molecule has 0 fully saturated rings. The van der Waals surface area contributed by atoms with E-state index in [1.165, 1.54) is 24.0 Å². The Morgan fingerprint density at radius 2 is 1.89 bits per heavy atom. The monoisotopic (exact) mass is 251 g/mol. The summed E-state index contributed by atoms with van der Waals surface area (Å²) < 4.78 is 4.57. The maximum Gasteiger partial charge on any atom is 0.330 e. The van der Waals surface area contributed by atoms with Crippen molar-refractivity contribution in [3.63, 3.8) is 0 Å². The minimum absolute atomic E-state index is 0.350. The summed E-state index contributed by atoms with van der Waals surface area (Å²) in [5.41, 5.74) is 3.14. The molecule has 0 saturated carbocycles. The molecular formula is C16H13NO2. The number of para-hydroxylation sites is 1. The second kappa shape index (κ2) is 4.61. The van der Waals surface area contributed by atoms with Crippen molar-refractivity contribution >= 4 is 33.9 Å². The predicted octanol–water partition coefficient (Wildman–Crippen LogP) is 3.51. The molecule has 19 heavy (non-hydrogen) atoms. The van der Waals surface area contributed by atoms with Gasteiger partial charge in [0, 0.05) is 27.9 Å². The van der Waals surface area contributed by atoms with Gasteiger partial charge in [0.05, 0.1) is 7.11 Å². The number of esters is 1. The average Bonchev–Trinajstić information content (AvgIpc) is 2.82. The summed E-state index contributed by atoms with van der Waals surface area (Å²) in [5, 5.41) is 2.40. The van der Waals surface area contributed by atoms with Crippen molar-refractivity contribution in [1.82, 2.24) is 4.98 Å². The number of ether oxygens (including phenoxy) is 1. The van der Waals surface area contributed by atoms with E-state index in [4.69, 9.17) is 0 Å². The van der Waals surface area contributed by atoms with Crippen molar-refractivity contribution in [3.05, 3.63) is 54.1 Å². The number of benzene rings is 2. The van der Waals surface area contributed by atoms with Crippen LogP contribution in [0.5, 0.6) is 0 Å². The fraction of sp³-hybridized carbons (Fsp3) is 0.0625. The van der Waals surface area contributed by atoms with E-state index in [0.717, 1.165) is 16.6 Å². The molecule has 0 bridgehead atoms. The van der Waals surface area contributed by atoms with E-state index in [1.807, 2.05) is 24.3 Å². The van der Waals surface area contributed by atoms with E-state index in [9.17, 15) is 4.79 Å². The minimum atomic E-state index is -0.350. The second-order valence-corrected chi connectivity index (χ2v) is 4.33. The molecule has 3 aromatic rings. The molecule has 1 aromatic heterocycles. The molecule has 1 N–H and O–H groups in total. The maximum absolute atomic E-state index is 11.1. The number of hydrogen-bond donors (Lipinski definition) is 1. The Labute approximate surface area is 110 Å². The van der Waals surface area contributed by atoms with Gasteiger partial charge in [-0.15, -0.1) is 0 Å². The maximum atomic E-state index is 11.1. The van der Waals surface area contributed by atoms with Crippen molar-refractivity contribution in [2.24, 2.45) is 0 Å². The van der Waals surface area contributed by atoms with E-state index in [2.05, 4.69) is 27.9 Å². The van der Waals surface area contributed by atoms with Crippen molar-refractivity contribution in [3.8, 4) is 0 Å². The Kier molecular flexibility index (Phi) is 2.80. The molecule has 0 spiro atoms. The number of carbonyl (C=O) groups excluding carboxylic acids is 1. The number of carbonyl (C=O) groups is 1. The molecular weight excluding hydrogens is 238 g/mol. The smallest absolute Gasteiger partial charge is 0.330 e. The van der Waals surface area contributed by atoms with Gasteiger partial charge in [-0.1, -0.05) is 30.3 Å². The Balaban J connectivity index is 2.08. The third-order valence-corrected chi connectivity index (χ3v) is 3.14. The SMILES string of the molecule is COC(=O)C=Cc1ccc2c(c1)[nH]c1ccccc12. The van der Waals surface area contributed by atoms with Crippen LogP contribution in [-0.2, 0) is 9.53 Å². The van der Waals surface area contributed by atoms with Crippen LogP contribution in [0.25, 0.3) is 27.9 Å². The molecule has 3 heteroatoms. The quantitative estimate of drug-likeness (QED) is 0.559. The van der Waals surface area contributed by atoms with Crippen molar-refractivity contribution in [2.75, 3.05) is 7.11 Å². The molecule has 0 saturated heterocycles. The van der Waals surface area contributed by atoms with Crippen LogP contribution in [0.15, 0.2) is 48.5 Å². The Morgan fingerprint density at radius 3 is 2.74 bits per heavy atom. The standard InChI is InChI=1S/C16H13NO2/c1-19-16(18)9-7-11-6-8-13-12-4-2-3-5-14(12)17-15(13)10-11/h2-10,17H,1H3. The average molecular weight is 251 g/mol. The largest absolute Gasteiger partial charge is 0.466 e. The first-order valence-corrected chi connectivity index (χ1v) is 6.04. The third kappa shape index (κ3) is 2.10. The summed E-state index contributed by atoms with van der Waals surface area (Å²) in [4.78, 5) is 14.4. The Hall–Kier alpha value is -2.55. The highest BCUT2D eigenvalue weighted by atomic mass is 16.5. The highest BCUT2D eigenvalue weighted by Gasteiger charge is 2.03. The number of rotatable bonds is 2. The molecule has 94 valence electrons. The molecule has 3 rings (SSSR count). The molecule has 3 nitrogen and oxygen atoms in total. The molecule has 0 radical (unpaired) electrons. The van der Waals surface area contributed by atoms with E-state index >= 15 is 0 Å². The zero-order valence-corrected chi connectivity index (χ0v) is 10.5. The van der Waals surface area contributed by atoms with Crippen LogP contribution in [-0.4, -0.2) is 18.1 Å². The lowest BCUT2D eigenvalue weighted by Gasteiger charge is -1.95. The lowest BCUT2D eigenvalue weighted by Crippen LogP contribution is -1.93. The topological polar surface area (TPSA) is 42.1 Å². The summed E-state index contributed by atoms with van der Waals surface area (Å²) in [6, 6.07) is 14.3. The van der Waals surface area contributed by atoms with E-state index in [-0.39, 0.29) is 5.97 Å². The molecule has 0 atom stereocenters. The molecule has 0 aliphatic rings. The van der Waals surface area contributed by atoms with Crippen molar-refractivity contribution < 1.29 is 9.53 Å². The van der Waals surface area contributed by atoms with Crippen molar-refractivity contribution in [1.29, 1.82) is 0 Å². The first-order valence-electron chi connectivity index (χ1n) is 6.04. The number of nitrogens with one attached hydrogen (secondary N) is 1. The molecule has 2 aromatic carbocycles. The van der Waals surface area contributed by atoms with Gasteiger partial charge >= 0.3 is 5.97 Å². The molecule has 0 amide bonds. The number of hydrogen-bond acceptors (Lipinski definition) is 2. The van der Waals surface area contributed by atoms with Gasteiger partial charge in [-0.3, -0.25) is 0 Å². The fourth-order valence-corrected chi connectivity index (χ4v) is 2.21. The Bertz CT molecular complexity index is 784. The van der Waals surface area contributed by atoms with E-state index in [0.29, 0.717) is 0 Å². The van der Waals surface area contributed by atoms with Crippen LogP contribution in [0.2, 0.25) is 0 Å². The second-order valence-electron chi connectivity index (χ2n) is 4.33. The van der Waals surface area contributed by atoms with Crippen LogP contribution < -0.4 is 0 Å². The van der Waals surface area contributed by atoms with Gasteiger partial charge in [-0.05, 0) is 23.8 Å². The number of H-pyrrole nitrogens is 1. The van der Waals surface area contributed by atoms with Gasteiger partial charge in [-0.2, -0.15) is 0 Å². The summed E-state index contributed by atoms with van der Waals surface area (Å²) in [7, 11) is 1.37. The first kappa shape index (κ1) is 11.5. The lowest BCUT2D eigenvalue weighted by molar-refractivity contribution is -0.134. The number of aromatic amines is 1. The van der Waals surface area contributed by atoms with E-state index in [1.54, 1.807) is 6.08 Å². The van der Waals surface area contributed by atoms with Gasteiger partial charge in [0.2, 0.25) is 0 Å². The zero-order valence-electron chi connectivity index (χ0n) is 10.5. The van der Waals surface area contributed by atoms with Crippen LogP contribution >= 0.6 is 0 Å². The summed E-state index contributed by atoms with van der Waals surface area (Å²) in [6.45, 7) is 0. The van der Waals surface area contributed by atoms with Gasteiger partial charge in [0.25, 0.3) is 0 Å². The normalized spacial score (nSPS) is 11.4. The minimum Gasteiger partial charge on any atom is -0.466 e. The molecule has 0 unspecified atom stereocenters. The lowest BCUT2D eigenvalue weighted by atomic mass is 10.1. The fourth-order valence-electron chi connectivity index (χ4n) is 2.21. The highest BCUT2D eigenvalue weighted by molar-refractivity contribution is 6.07. The number of fused-ring (bicyclic) bond motifs is 3. The van der Waals surface area contributed by atoms with Gasteiger partial charge < -0.3 is 9.72 Å². The highest BCUT2D eigenvalue weighted by Crippen LogP contribution is 2.26. The summed E-state index contributed by atoms with van der Waals surface area (Å²) >= 11 is 0. The number of methoxy groups -OCH3 is 1. The molecule has 1 heterocycles. The van der Waals surface area contributed by atoms with Gasteiger partial charge in [0.15, 0.2) is 0 Å². The molecule has 0 aliphatic heterocycles. The third-order valence-electron chi connectivity index (χ3n) is 3.14. The van der Waals surface area contributed by atoms with Crippen LogP contribution in [0.1, 0.15) is 5.56 Å². The summed E-state index contributed by atoms with van der Waals surface area (Å²) in [6.07, 6.45) is 3.17. The van der Waals surface area contributed by atoms with E-state index < -0.39 is 0 Å².